The van der Waals surface area contributed by atoms with Gasteiger partial charge < -0.3 is 14.9 Å². The number of hydrogen-bond acceptors (Lipinski definition) is 3. The van der Waals surface area contributed by atoms with Crippen molar-refractivity contribution in [2.75, 3.05) is 6.61 Å². The Kier molecular flexibility index (Phi) is 4.38. The van der Waals surface area contributed by atoms with Gasteiger partial charge in [0.05, 0.1) is 6.10 Å². The average molecular weight is 272 g/mol. The van der Waals surface area contributed by atoms with E-state index in [0.717, 1.165) is 16.7 Å². The van der Waals surface area contributed by atoms with Crippen molar-refractivity contribution in [2.24, 2.45) is 0 Å². The number of carboxylic acid groups (broad SMARTS) is 1. The zero-order valence-electron chi connectivity index (χ0n) is 11.1. The van der Waals surface area contributed by atoms with Crippen molar-refractivity contribution in [2.45, 2.75) is 13.0 Å². The number of benzene rings is 2. The molecule has 2 rings (SSSR count). The van der Waals surface area contributed by atoms with E-state index in [1.165, 1.54) is 0 Å². The maximum absolute atomic E-state index is 10.4. The molecule has 0 fully saturated rings. The van der Waals surface area contributed by atoms with Crippen molar-refractivity contribution in [1.29, 1.82) is 0 Å². The molecule has 0 radical (unpaired) electrons. The minimum absolute atomic E-state index is 0.350. The van der Waals surface area contributed by atoms with Crippen LogP contribution in [0.1, 0.15) is 18.6 Å². The van der Waals surface area contributed by atoms with Crippen LogP contribution < -0.4 is 4.74 Å². The predicted octanol–water partition coefficient (Wildman–Crippen LogP) is 2.87. The maximum atomic E-state index is 10.4. The van der Waals surface area contributed by atoms with Crippen LogP contribution >= 0.6 is 0 Å². The van der Waals surface area contributed by atoms with Crippen LogP contribution in [-0.4, -0.2) is 22.8 Å². The molecule has 0 bridgehead atoms. The van der Waals surface area contributed by atoms with E-state index in [2.05, 4.69) is 0 Å². The number of carboxylic acids is 1. The first-order valence-electron chi connectivity index (χ1n) is 6.29. The smallest absolute Gasteiger partial charge is 0.341 e. The van der Waals surface area contributed by atoms with Gasteiger partial charge in [-0.25, -0.2) is 4.79 Å². The number of ether oxygens (including phenoxy) is 1. The highest BCUT2D eigenvalue weighted by molar-refractivity contribution is 5.69. The largest absolute Gasteiger partial charge is 0.482 e. The summed E-state index contributed by atoms with van der Waals surface area (Å²) in [7, 11) is 0. The Morgan fingerprint density at radius 2 is 1.85 bits per heavy atom. The molecule has 0 unspecified atom stereocenters. The van der Waals surface area contributed by atoms with E-state index in [9.17, 15) is 9.90 Å². The van der Waals surface area contributed by atoms with Gasteiger partial charge in [-0.05, 0) is 41.8 Å². The number of aliphatic carboxylic acids is 1. The lowest BCUT2D eigenvalue weighted by Crippen LogP contribution is -2.09. The Morgan fingerprint density at radius 1 is 1.15 bits per heavy atom. The molecule has 0 saturated heterocycles. The average Bonchev–Trinajstić information content (AvgIpc) is 2.46. The van der Waals surface area contributed by atoms with Gasteiger partial charge in [-0.3, -0.25) is 0 Å². The summed E-state index contributed by atoms with van der Waals surface area (Å²) in [6.07, 6.45) is -0.506. The molecule has 4 heteroatoms. The summed E-state index contributed by atoms with van der Waals surface area (Å²) in [6, 6.07) is 14.8. The third-order valence-corrected chi connectivity index (χ3v) is 2.92. The van der Waals surface area contributed by atoms with Crippen LogP contribution in [0.4, 0.5) is 0 Å². The molecule has 0 saturated carbocycles. The highest BCUT2D eigenvalue weighted by Crippen LogP contribution is 2.25. The highest BCUT2D eigenvalue weighted by Gasteiger charge is 2.04. The molecule has 0 aromatic heterocycles. The summed E-state index contributed by atoms with van der Waals surface area (Å²) in [4.78, 5) is 10.4. The SMILES string of the molecule is C[C@@H](O)c1cccc(-c2ccc(OCC(=O)O)cc2)c1. The van der Waals surface area contributed by atoms with Crippen LogP contribution in [0.5, 0.6) is 5.75 Å². The molecule has 0 aliphatic heterocycles. The van der Waals surface area contributed by atoms with Crippen LogP contribution in [0.25, 0.3) is 11.1 Å². The molecule has 2 aromatic carbocycles. The first-order chi connectivity index (χ1) is 9.56. The van der Waals surface area contributed by atoms with E-state index in [1.807, 2.05) is 36.4 Å². The Hall–Kier alpha value is -2.33. The van der Waals surface area contributed by atoms with E-state index in [0.29, 0.717) is 5.75 Å². The van der Waals surface area contributed by atoms with Crippen molar-refractivity contribution in [3.05, 3.63) is 54.1 Å². The molecule has 0 amide bonds. The Labute approximate surface area is 117 Å². The first kappa shape index (κ1) is 14.1. The second kappa shape index (κ2) is 6.21. The maximum Gasteiger partial charge on any atom is 0.341 e. The van der Waals surface area contributed by atoms with Crippen molar-refractivity contribution in [3.8, 4) is 16.9 Å². The first-order valence-corrected chi connectivity index (χ1v) is 6.29. The second-order valence-corrected chi connectivity index (χ2v) is 4.51. The molecular weight excluding hydrogens is 256 g/mol. The summed E-state index contributed by atoms with van der Waals surface area (Å²) < 4.78 is 5.08. The van der Waals surface area contributed by atoms with Gasteiger partial charge in [-0.15, -0.1) is 0 Å². The third kappa shape index (κ3) is 3.59. The molecule has 0 aliphatic carbocycles. The van der Waals surface area contributed by atoms with E-state index < -0.39 is 12.1 Å². The van der Waals surface area contributed by atoms with Gasteiger partial charge in [0, 0.05) is 0 Å². The lowest BCUT2D eigenvalue weighted by molar-refractivity contribution is -0.139. The van der Waals surface area contributed by atoms with Gasteiger partial charge in [0.15, 0.2) is 6.61 Å². The van der Waals surface area contributed by atoms with Crippen LogP contribution in [0.3, 0.4) is 0 Å². The van der Waals surface area contributed by atoms with Crippen LogP contribution in [0.2, 0.25) is 0 Å². The fourth-order valence-electron chi connectivity index (χ4n) is 1.87. The normalized spacial score (nSPS) is 11.9. The molecule has 0 heterocycles. The van der Waals surface area contributed by atoms with Crippen LogP contribution in [-0.2, 0) is 4.79 Å². The topological polar surface area (TPSA) is 66.8 Å². The van der Waals surface area contributed by atoms with Gasteiger partial charge in [-0.2, -0.15) is 0 Å². The fraction of sp³-hybridized carbons (Fsp3) is 0.188. The molecule has 20 heavy (non-hydrogen) atoms. The zero-order valence-corrected chi connectivity index (χ0v) is 11.1. The van der Waals surface area contributed by atoms with Gasteiger partial charge in [0.1, 0.15) is 5.75 Å². The van der Waals surface area contributed by atoms with Gasteiger partial charge in [-0.1, -0.05) is 30.3 Å². The number of aliphatic hydroxyl groups excluding tert-OH is 1. The van der Waals surface area contributed by atoms with Crippen LogP contribution in [0.15, 0.2) is 48.5 Å². The second-order valence-electron chi connectivity index (χ2n) is 4.51. The Bertz CT molecular complexity index is 588. The lowest BCUT2D eigenvalue weighted by atomic mass is 10.0. The summed E-state index contributed by atoms with van der Waals surface area (Å²) >= 11 is 0. The predicted molar refractivity (Wildman–Crippen MR) is 75.6 cm³/mol. The van der Waals surface area contributed by atoms with Crippen LogP contribution in [0, 0.1) is 0 Å². The van der Waals surface area contributed by atoms with E-state index >= 15 is 0 Å². The number of aliphatic hydroxyl groups is 1. The standard InChI is InChI=1S/C16H16O4/c1-11(17)13-3-2-4-14(9-13)12-5-7-15(8-6-12)20-10-16(18)19/h2-9,11,17H,10H2,1H3,(H,18,19)/t11-/m1/s1. The molecule has 2 aromatic rings. The summed E-state index contributed by atoms with van der Waals surface area (Å²) in [5, 5.41) is 18.1. The quantitative estimate of drug-likeness (QED) is 0.878. The molecule has 4 nitrogen and oxygen atoms in total. The Morgan fingerprint density at radius 3 is 2.45 bits per heavy atom. The molecule has 1 atom stereocenters. The number of hydrogen-bond donors (Lipinski definition) is 2. The summed E-state index contributed by atoms with van der Waals surface area (Å²) in [5.74, 6) is -0.485. The molecule has 2 N–H and O–H groups in total. The van der Waals surface area contributed by atoms with Crippen molar-refractivity contribution in [3.63, 3.8) is 0 Å². The van der Waals surface area contributed by atoms with Gasteiger partial charge in [0.25, 0.3) is 0 Å². The fourth-order valence-corrected chi connectivity index (χ4v) is 1.87. The molecular formula is C16H16O4. The zero-order chi connectivity index (χ0) is 14.5. The van der Waals surface area contributed by atoms with Crippen molar-refractivity contribution in [1.82, 2.24) is 0 Å². The van der Waals surface area contributed by atoms with E-state index in [1.54, 1.807) is 19.1 Å². The molecule has 0 spiro atoms. The van der Waals surface area contributed by atoms with Crippen molar-refractivity contribution < 1.29 is 19.7 Å². The minimum Gasteiger partial charge on any atom is -0.482 e. The highest BCUT2D eigenvalue weighted by atomic mass is 16.5. The van der Waals surface area contributed by atoms with E-state index in [4.69, 9.17) is 9.84 Å². The lowest BCUT2D eigenvalue weighted by Gasteiger charge is -2.09. The molecule has 0 aliphatic rings. The Balaban J connectivity index is 2.17. The molecule has 104 valence electrons. The number of rotatable bonds is 5. The van der Waals surface area contributed by atoms with Crippen molar-refractivity contribution >= 4 is 5.97 Å². The summed E-state index contributed by atoms with van der Waals surface area (Å²) in [6.45, 7) is 1.37. The van der Waals surface area contributed by atoms with Gasteiger partial charge >= 0.3 is 5.97 Å². The van der Waals surface area contributed by atoms with E-state index in [-0.39, 0.29) is 6.61 Å². The van der Waals surface area contributed by atoms with Gasteiger partial charge in [0.2, 0.25) is 0 Å². The number of carbonyl (C=O) groups is 1. The minimum atomic E-state index is -1.00. The summed E-state index contributed by atoms with van der Waals surface area (Å²) in [5.41, 5.74) is 2.83. The monoisotopic (exact) mass is 272 g/mol. The third-order valence-electron chi connectivity index (χ3n) is 2.92.